The van der Waals surface area contributed by atoms with Gasteiger partial charge in [-0.15, -0.1) is 0 Å². The van der Waals surface area contributed by atoms with E-state index in [2.05, 4.69) is 22.2 Å². The van der Waals surface area contributed by atoms with Crippen LogP contribution in [0, 0.1) is 11.3 Å². The zero-order valence-electron chi connectivity index (χ0n) is 20.0. The van der Waals surface area contributed by atoms with Crippen LogP contribution in [-0.4, -0.2) is 81.2 Å². The number of hydrogen-bond donors (Lipinski definition) is 1. The summed E-state index contributed by atoms with van der Waals surface area (Å²) in [6.07, 6.45) is 6.98. The molecule has 1 aromatic carbocycles. The highest BCUT2D eigenvalue weighted by Gasteiger charge is 2.38. The number of fused-ring (bicyclic) bond motifs is 1. The molecule has 7 nitrogen and oxygen atoms in total. The number of amides is 2. The van der Waals surface area contributed by atoms with Crippen molar-refractivity contribution in [2.24, 2.45) is 11.3 Å². The highest BCUT2D eigenvalue weighted by Crippen LogP contribution is 2.38. The first-order valence-corrected chi connectivity index (χ1v) is 12.6. The Morgan fingerprint density at radius 3 is 2.58 bits per heavy atom. The summed E-state index contributed by atoms with van der Waals surface area (Å²) >= 11 is 0. The second-order valence-electron chi connectivity index (χ2n) is 10.0. The highest BCUT2D eigenvalue weighted by molar-refractivity contribution is 5.96. The zero-order valence-corrected chi connectivity index (χ0v) is 20.0. The fourth-order valence-corrected chi connectivity index (χ4v) is 5.33. The molecule has 2 amide bonds. The lowest BCUT2D eigenvalue weighted by Gasteiger charge is -2.43. The van der Waals surface area contributed by atoms with E-state index in [1.54, 1.807) is 0 Å². The normalized spacial score (nSPS) is 23.8. The van der Waals surface area contributed by atoms with E-state index in [1.165, 1.54) is 0 Å². The molecule has 0 bridgehead atoms. The number of likely N-dealkylation sites (tertiary alicyclic amines) is 2. The number of nitrogens with one attached hydrogen (secondary N) is 1. The minimum absolute atomic E-state index is 0.0251. The van der Waals surface area contributed by atoms with Gasteiger partial charge in [0.1, 0.15) is 5.75 Å². The number of carbonyl (C=O) groups is 2. The van der Waals surface area contributed by atoms with Crippen molar-refractivity contribution in [3.05, 3.63) is 29.8 Å². The molecular formula is C26H39N3O4. The lowest BCUT2D eigenvalue weighted by molar-refractivity contribution is -0.139. The van der Waals surface area contributed by atoms with Crippen LogP contribution in [0.5, 0.6) is 5.75 Å². The maximum absolute atomic E-state index is 13.1. The Labute approximate surface area is 197 Å². The molecule has 0 atom stereocenters. The largest absolute Gasteiger partial charge is 0.492 e. The topological polar surface area (TPSA) is 71.1 Å². The smallest absolute Gasteiger partial charge is 0.255 e. The first kappa shape index (κ1) is 24.0. The summed E-state index contributed by atoms with van der Waals surface area (Å²) in [6.45, 7) is 5.93. The fraction of sp³-hybridized carbons (Fsp3) is 0.692. The quantitative estimate of drug-likeness (QED) is 0.702. The van der Waals surface area contributed by atoms with E-state index in [1.807, 2.05) is 24.3 Å². The molecule has 1 spiro atoms. The van der Waals surface area contributed by atoms with Crippen molar-refractivity contribution < 1.29 is 19.1 Å². The van der Waals surface area contributed by atoms with Crippen molar-refractivity contribution >= 4 is 11.8 Å². The maximum Gasteiger partial charge on any atom is 0.255 e. The third-order valence-corrected chi connectivity index (χ3v) is 7.65. The monoisotopic (exact) mass is 457 g/mol. The lowest BCUT2D eigenvalue weighted by Crippen LogP contribution is -2.48. The van der Waals surface area contributed by atoms with E-state index < -0.39 is 0 Å². The van der Waals surface area contributed by atoms with Crippen LogP contribution in [0.1, 0.15) is 55.3 Å². The number of hydrogen-bond acceptors (Lipinski definition) is 5. The van der Waals surface area contributed by atoms with E-state index in [9.17, 15) is 9.59 Å². The molecule has 2 saturated heterocycles. The van der Waals surface area contributed by atoms with Crippen LogP contribution in [0.25, 0.3) is 0 Å². The van der Waals surface area contributed by atoms with Crippen molar-refractivity contribution in [3.63, 3.8) is 0 Å². The van der Waals surface area contributed by atoms with Crippen LogP contribution in [0.3, 0.4) is 0 Å². The second kappa shape index (κ2) is 11.3. The summed E-state index contributed by atoms with van der Waals surface area (Å²) < 4.78 is 12.0. The predicted molar refractivity (Wildman–Crippen MR) is 127 cm³/mol. The van der Waals surface area contributed by atoms with Crippen LogP contribution in [0.2, 0.25) is 0 Å². The Bertz CT molecular complexity index is 798. The number of para-hydroxylation sites is 1. The fourth-order valence-electron chi connectivity index (χ4n) is 5.33. The molecule has 7 heteroatoms. The van der Waals surface area contributed by atoms with Crippen molar-refractivity contribution in [1.82, 2.24) is 15.1 Å². The summed E-state index contributed by atoms with van der Waals surface area (Å²) in [7, 11) is 2.13. The molecular weight excluding hydrogens is 418 g/mol. The molecule has 4 rings (SSSR count). The summed E-state index contributed by atoms with van der Waals surface area (Å²) in [5.41, 5.74) is 0.594. The molecule has 1 aromatic rings. The SMILES string of the molecule is CN1CCC(C(=O)N2CCC3(CCCCOCCNC(=O)c4ccccc4OC3)CC2)CC1. The van der Waals surface area contributed by atoms with E-state index >= 15 is 0 Å². The third-order valence-electron chi connectivity index (χ3n) is 7.65. The number of benzene rings is 1. The van der Waals surface area contributed by atoms with Crippen molar-refractivity contribution in [2.75, 3.05) is 59.6 Å². The van der Waals surface area contributed by atoms with Gasteiger partial charge in [0.15, 0.2) is 0 Å². The molecule has 0 saturated carbocycles. The number of rotatable bonds is 1. The zero-order chi connectivity index (χ0) is 23.1. The molecule has 33 heavy (non-hydrogen) atoms. The molecule has 0 radical (unpaired) electrons. The summed E-state index contributed by atoms with van der Waals surface area (Å²) in [5, 5.41) is 2.92. The Morgan fingerprint density at radius 1 is 1.03 bits per heavy atom. The first-order chi connectivity index (χ1) is 16.1. The van der Waals surface area contributed by atoms with Gasteiger partial charge in [-0.05, 0) is 70.8 Å². The predicted octanol–water partition coefficient (Wildman–Crippen LogP) is 2.95. The van der Waals surface area contributed by atoms with Crippen LogP contribution in [-0.2, 0) is 9.53 Å². The molecule has 3 heterocycles. The Balaban J connectivity index is 1.42. The van der Waals surface area contributed by atoms with Crippen LogP contribution < -0.4 is 10.1 Å². The molecule has 0 aliphatic carbocycles. The van der Waals surface area contributed by atoms with Crippen LogP contribution in [0.15, 0.2) is 24.3 Å². The van der Waals surface area contributed by atoms with E-state index in [0.717, 1.165) is 71.1 Å². The molecule has 2 fully saturated rings. The molecule has 0 aromatic heterocycles. The van der Waals surface area contributed by atoms with Gasteiger partial charge in [-0.1, -0.05) is 18.6 Å². The number of piperidine rings is 2. The maximum atomic E-state index is 13.1. The molecule has 3 aliphatic heterocycles. The minimum Gasteiger partial charge on any atom is -0.492 e. The van der Waals surface area contributed by atoms with E-state index in [-0.39, 0.29) is 17.2 Å². The average Bonchev–Trinajstić information content (AvgIpc) is 2.84. The minimum atomic E-state index is -0.126. The van der Waals surface area contributed by atoms with Crippen molar-refractivity contribution in [2.45, 2.75) is 44.9 Å². The summed E-state index contributed by atoms with van der Waals surface area (Å²) in [4.78, 5) is 30.2. The standard InChI is InChI=1S/C26H39N3O4/c1-28-14-8-21(9-15-28)25(31)29-16-11-26(12-17-29)10-4-5-18-32-19-13-27-24(30)22-6-2-3-7-23(22)33-20-26/h2-3,6-7,21H,4-5,8-20H2,1H3,(H,27,30). The Hall–Kier alpha value is -2.12. The molecule has 3 aliphatic rings. The van der Waals surface area contributed by atoms with Gasteiger partial charge in [0, 0.05) is 37.6 Å². The van der Waals surface area contributed by atoms with Crippen LogP contribution >= 0.6 is 0 Å². The van der Waals surface area contributed by atoms with Crippen molar-refractivity contribution in [3.8, 4) is 5.75 Å². The Morgan fingerprint density at radius 2 is 1.79 bits per heavy atom. The average molecular weight is 458 g/mol. The number of ether oxygens (including phenoxy) is 2. The van der Waals surface area contributed by atoms with Gasteiger partial charge in [-0.3, -0.25) is 9.59 Å². The van der Waals surface area contributed by atoms with Gasteiger partial charge in [0.2, 0.25) is 5.91 Å². The molecule has 0 unspecified atom stereocenters. The molecule has 182 valence electrons. The number of carbonyl (C=O) groups excluding carboxylic acids is 2. The number of nitrogens with zero attached hydrogens (tertiary/aromatic N) is 2. The van der Waals surface area contributed by atoms with Gasteiger partial charge < -0.3 is 24.6 Å². The second-order valence-corrected chi connectivity index (χ2v) is 10.0. The Kier molecular flexibility index (Phi) is 8.25. The van der Waals surface area contributed by atoms with Gasteiger partial charge in [-0.25, -0.2) is 0 Å². The van der Waals surface area contributed by atoms with Crippen LogP contribution in [0.4, 0.5) is 0 Å². The van der Waals surface area contributed by atoms with Gasteiger partial charge in [0.25, 0.3) is 5.91 Å². The summed E-state index contributed by atoms with van der Waals surface area (Å²) in [5.74, 6) is 1.03. The van der Waals surface area contributed by atoms with Gasteiger partial charge in [0.05, 0.1) is 18.8 Å². The van der Waals surface area contributed by atoms with E-state index in [0.29, 0.717) is 43.6 Å². The third kappa shape index (κ3) is 6.27. The highest BCUT2D eigenvalue weighted by atomic mass is 16.5. The van der Waals surface area contributed by atoms with Crippen molar-refractivity contribution in [1.29, 1.82) is 0 Å². The summed E-state index contributed by atoms with van der Waals surface area (Å²) in [6, 6.07) is 7.47. The van der Waals surface area contributed by atoms with Gasteiger partial charge in [-0.2, -0.15) is 0 Å². The van der Waals surface area contributed by atoms with Gasteiger partial charge >= 0.3 is 0 Å². The molecule has 1 N–H and O–H groups in total. The lowest BCUT2D eigenvalue weighted by atomic mass is 9.75. The first-order valence-electron chi connectivity index (χ1n) is 12.6. The van der Waals surface area contributed by atoms with E-state index in [4.69, 9.17) is 9.47 Å².